The van der Waals surface area contributed by atoms with Crippen molar-refractivity contribution >= 4 is 37.6 Å². The van der Waals surface area contributed by atoms with Crippen molar-refractivity contribution in [3.05, 3.63) is 51.5 Å². The van der Waals surface area contributed by atoms with Crippen LogP contribution in [0.25, 0.3) is 0 Å². The summed E-state index contributed by atoms with van der Waals surface area (Å²) in [7, 11) is -1.02. The largest absolute Gasteiger partial charge is 0.497 e. The Bertz CT molecular complexity index is 1070. The summed E-state index contributed by atoms with van der Waals surface area (Å²) >= 11 is 9.60. The molecule has 1 fully saturated rings. The molecular formula is C20H21BrClN3O4S. The van der Waals surface area contributed by atoms with Gasteiger partial charge in [0.25, 0.3) is 0 Å². The Balaban J connectivity index is 2.08. The average Bonchev–Trinajstić information content (AvgIpc) is 3.21. The van der Waals surface area contributed by atoms with Gasteiger partial charge in [0.15, 0.2) is 6.19 Å². The number of sulfonamides is 1. The van der Waals surface area contributed by atoms with Crippen LogP contribution in [0.3, 0.4) is 0 Å². The number of likely N-dealkylation sites (tertiary alicyclic amines) is 1. The van der Waals surface area contributed by atoms with Crippen molar-refractivity contribution < 1.29 is 17.9 Å². The van der Waals surface area contributed by atoms with E-state index in [4.69, 9.17) is 21.1 Å². The number of methoxy groups -OCH3 is 2. The molecule has 0 radical (unpaired) electrons. The molecule has 0 aromatic heterocycles. The molecular weight excluding hydrogens is 494 g/mol. The van der Waals surface area contributed by atoms with Gasteiger partial charge in [-0.2, -0.15) is 9.57 Å². The highest BCUT2D eigenvalue weighted by Gasteiger charge is 2.37. The Morgan fingerprint density at radius 2 is 2.03 bits per heavy atom. The number of benzene rings is 2. The van der Waals surface area contributed by atoms with E-state index in [1.807, 2.05) is 6.07 Å². The van der Waals surface area contributed by atoms with Crippen LogP contribution in [0.2, 0.25) is 5.02 Å². The third kappa shape index (κ3) is 4.67. The first-order valence-electron chi connectivity index (χ1n) is 9.12. The maximum Gasteiger partial charge on any atom is 0.247 e. The Morgan fingerprint density at radius 1 is 1.27 bits per heavy atom. The molecule has 2 aromatic rings. The van der Waals surface area contributed by atoms with Crippen molar-refractivity contribution in [2.45, 2.75) is 23.9 Å². The van der Waals surface area contributed by atoms with Crippen LogP contribution in [0.5, 0.6) is 11.5 Å². The van der Waals surface area contributed by atoms with Gasteiger partial charge in [-0.15, -0.1) is 0 Å². The highest BCUT2D eigenvalue weighted by Crippen LogP contribution is 2.34. The van der Waals surface area contributed by atoms with Crippen LogP contribution < -0.4 is 9.47 Å². The molecule has 0 saturated carbocycles. The second kappa shape index (κ2) is 9.43. The molecule has 30 heavy (non-hydrogen) atoms. The zero-order valence-electron chi connectivity index (χ0n) is 16.5. The molecule has 1 saturated heterocycles. The number of hydrogen-bond donors (Lipinski definition) is 0. The molecule has 0 amide bonds. The van der Waals surface area contributed by atoms with Crippen molar-refractivity contribution in [2.75, 3.05) is 27.3 Å². The summed E-state index contributed by atoms with van der Waals surface area (Å²) in [4.78, 5) is 1.55. The van der Waals surface area contributed by atoms with Gasteiger partial charge in [0.2, 0.25) is 10.0 Å². The smallest absolute Gasteiger partial charge is 0.247 e. The first-order chi connectivity index (χ1) is 14.3. The van der Waals surface area contributed by atoms with E-state index in [0.717, 1.165) is 10.0 Å². The monoisotopic (exact) mass is 513 g/mol. The van der Waals surface area contributed by atoms with Crippen LogP contribution in [-0.2, 0) is 16.6 Å². The third-order valence-electron chi connectivity index (χ3n) is 5.00. The Kier molecular flexibility index (Phi) is 7.14. The zero-order chi connectivity index (χ0) is 21.9. The number of ether oxygens (including phenoxy) is 2. The standard InChI is InChI=1S/C20H21BrClN3O4S/c1-28-17-4-5-18(21)14(9-17)11-25(16-7-8-24(12-16)13-23)30(26,27)20-10-15(22)3-6-19(20)29-2/h3-6,9-10,16H,7-8,11-12H2,1-2H3. The van der Waals surface area contributed by atoms with Gasteiger partial charge < -0.3 is 14.4 Å². The van der Waals surface area contributed by atoms with Gasteiger partial charge in [-0.3, -0.25) is 0 Å². The molecule has 7 nitrogen and oxygen atoms in total. The van der Waals surface area contributed by atoms with E-state index >= 15 is 0 Å². The number of hydrogen-bond acceptors (Lipinski definition) is 6. The van der Waals surface area contributed by atoms with Gasteiger partial charge in [-0.05, 0) is 48.4 Å². The number of halogens is 2. The molecule has 0 N–H and O–H groups in total. The van der Waals surface area contributed by atoms with Gasteiger partial charge in [0, 0.05) is 35.2 Å². The van der Waals surface area contributed by atoms with Gasteiger partial charge in [-0.1, -0.05) is 27.5 Å². The average molecular weight is 515 g/mol. The highest BCUT2D eigenvalue weighted by molar-refractivity contribution is 9.10. The quantitative estimate of drug-likeness (QED) is 0.522. The van der Waals surface area contributed by atoms with E-state index in [2.05, 4.69) is 22.1 Å². The van der Waals surface area contributed by atoms with Gasteiger partial charge in [0.05, 0.1) is 14.2 Å². The van der Waals surface area contributed by atoms with E-state index in [1.165, 1.54) is 23.5 Å². The van der Waals surface area contributed by atoms with Crippen LogP contribution in [-0.4, -0.2) is 51.0 Å². The van der Waals surface area contributed by atoms with Crippen LogP contribution >= 0.6 is 27.5 Å². The van der Waals surface area contributed by atoms with Gasteiger partial charge >= 0.3 is 0 Å². The Labute approximate surface area is 189 Å². The van der Waals surface area contributed by atoms with Crippen LogP contribution in [0.4, 0.5) is 0 Å². The lowest BCUT2D eigenvalue weighted by Crippen LogP contribution is -2.41. The molecule has 0 bridgehead atoms. The summed E-state index contributed by atoms with van der Waals surface area (Å²) in [5.74, 6) is 0.834. The van der Waals surface area contributed by atoms with E-state index in [-0.39, 0.29) is 23.2 Å². The molecule has 1 heterocycles. The Morgan fingerprint density at radius 3 is 2.67 bits per heavy atom. The minimum atomic E-state index is -3.99. The highest BCUT2D eigenvalue weighted by atomic mass is 79.9. The molecule has 1 aliphatic heterocycles. The van der Waals surface area contributed by atoms with E-state index in [1.54, 1.807) is 30.2 Å². The lowest BCUT2D eigenvalue weighted by molar-refractivity contribution is 0.311. The topological polar surface area (TPSA) is 82.9 Å². The summed E-state index contributed by atoms with van der Waals surface area (Å²) in [5, 5.41) is 9.55. The van der Waals surface area contributed by atoms with Crippen LogP contribution in [0, 0.1) is 11.5 Å². The van der Waals surface area contributed by atoms with E-state index < -0.39 is 10.0 Å². The fraction of sp³-hybridized carbons (Fsp3) is 0.350. The van der Waals surface area contributed by atoms with Crippen molar-refractivity contribution in [1.29, 1.82) is 5.26 Å². The minimum absolute atomic E-state index is 0.00748. The maximum atomic E-state index is 13.8. The fourth-order valence-electron chi connectivity index (χ4n) is 3.42. The Hall–Kier alpha value is -1.99. The van der Waals surface area contributed by atoms with Crippen molar-refractivity contribution in [3.8, 4) is 17.7 Å². The predicted molar refractivity (Wildman–Crippen MR) is 117 cm³/mol. The lowest BCUT2D eigenvalue weighted by atomic mass is 10.2. The minimum Gasteiger partial charge on any atom is -0.497 e. The molecule has 1 aliphatic rings. The second-order valence-electron chi connectivity index (χ2n) is 6.79. The van der Waals surface area contributed by atoms with E-state index in [0.29, 0.717) is 30.3 Å². The van der Waals surface area contributed by atoms with Crippen LogP contribution in [0.15, 0.2) is 45.8 Å². The van der Waals surface area contributed by atoms with Crippen LogP contribution in [0.1, 0.15) is 12.0 Å². The van der Waals surface area contributed by atoms with Crippen molar-refractivity contribution in [1.82, 2.24) is 9.21 Å². The molecule has 10 heteroatoms. The summed E-state index contributed by atoms with van der Waals surface area (Å²) in [6.45, 7) is 0.916. The number of rotatable bonds is 7. The molecule has 3 rings (SSSR count). The molecule has 1 atom stereocenters. The molecule has 0 aliphatic carbocycles. The molecule has 1 unspecified atom stereocenters. The molecule has 160 valence electrons. The number of nitriles is 1. The summed E-state index contributed by atoms with van der Waals surface area (Å²) in [5.41, 5.74) is 0.745. The molecule has 0 spiro atoms. The first kappa shape index (κ1) is 22.7. The maximum absolute atomic E-state index is 13.8. The normalized spacial score (nSPS) is 16.5. The van der Waals surface area contributed by atoms with Crippen molar-refractivity contribution in [2.24, 2.45) is 0 Å². The van der Waals surface area contributed by atoms with E-state index in [9.17, 15) is 13.7 Å². The molecule has 2 aromatic carbocycles. The second-order valence-corrected chi connectivity index (χ2v) is 9.94. The summed E-state index contributed by atoms with van der Waals surface area (Å²) < 4.78 is 40.3. The van der Waals surface area contributed by atoms with Gasteiger partial charge in [-0.25, -0.2) is 8.42 Å². The summed E-state index contributed by atoms with van der Waals surface area (Å²) in [6.07, 6.45) is 2.64. The third-order valence-corrected chi connectivity index (χ3v) is 7.93. The zero-order valence-corrected chi connectivity index (χ0v) is 19.7. The predicted octanol–water partition coefficient (Wildman–Crippen LogP) is 3.87. The lowest BCUT2D eigenvalue weighted by Gasteiger charge is -2.29. The summed E-state index contributed by atoms with van der Waals surface area (Å²) in [6, 6.07) is 9.52. The SMILES string of the molecule is COc1ccc(Br)c(CN(C2CCN(C#N)C2)S(=O)(=O)c2cc(Cl)ccc2OC)c1. The first-order valence-corrected chi connectivity index (χ1v) is 11.7. The number of nitrogens with zero attached hydrogens (tertiary/aromatic N) is 3. The van der Waals surface area contributed by atoms with Gasteiger partial charge in [0.1, 0.15) is 16.4 Å². The fourth-order valence-corrected chi connectivity index (χ4v) is 5.84. The van der Waals surface area contributed by atoms with Crippen molar-refractivity contribution in [3.63, 3.8) is 0 Å².